The van der Waals surface area contributed by atoms with E-state index in [0.29, 0.717) is 11.4 Å². The molecule has 0 aliphatic carbocycles. The Hall–Kier alpha value is -1.09. The maximum Gasteiger partial charge on any atom is 0.0771 e. The summed E-state index contributed by atoms with van der Waals surface area (Å²) < 4.78 is 0. The molecule has 1 saturated heterocycles. The minimum atomic E-state index is 0.559. The highest BCUT2D eigenvalue weighted by atomic mass is 32.1. The van der Waals surface area contributed by atoms with E-state index in [1.54, 1.807) is 0 Å². The highest BCUT2D eigenvalue weighted by Gasteiger charge is 2.11. The van der Waals surface area contributed by atoms with E-state index in [1.807, 2.05) is 0 Å². The molecule has 0 radical (unpaired) electrons. The zero-order chi connectivity index (χ0) is 10.7. The largest absolute Gasteiger partial charge is 0.393 e. The number of benzene rings is 1. The van der Waals surface area contributed by atoms with Gasteiger partial charge in [0, 0.05) is 25.2 Å². The fourth-order valence-electron chi connectivity index (χ4n) is 2.00. The van der Waals surface area contributed by atoms with Gasteiger partial charge in [-0.2, -0.15) is 0 Å². The van der Waals surface area contributed by atoms with Gasteiger partial charge in [0.25, 0.3) is 0 Å². The Morgan fingerprint density at radius 2 is 1.80 bits per heavy atom. The topological polar surface area (TPSA) is 29.3 Å². The maximum absolute atomic E-state index is 5.51. The molecule has 3 heteroatoms. The summed E-state index contributed by atoms with van der Waals surface area (Å²) in [6.45, 7) is 2.38. The molecule has 80 valence electrons. The summed E-state index contributed by atoms with van der Waals surface area (Å²) >= 11 is 4.88. The van der Waals surface area contributed by atoms with Crippen molar-refractivity contribution < 1.29 is 0 Å². The van der Waals surface area contributed by atoms with Crippen molar-refractivity contribution in [2.45, 2.75) is 19.3 Å². The SMILES string of the molecule is NC(=S)Cc1ccc(N2CCCC2)cc1. The molecule has 0 spiro atoms. The monoisotopic (exact) mass is 220 g/mol. The maximum atomic E-state index is 5.51. The van der Waals surface area contributed by atoms with Gasteiger partial charge in [0.05, 0.1) is 4.99 Å². The Balaban J connectivity index is 2.06. The Morgan fingerprint density at radius 3 is 2.33 bits per heavy atom. The van der Waals surface area contributed by atoms with Gasteiger partial charge in [-0.25, -0.2) is 0 Å². The van der Waals surface area contributed by atoms with Crippen LogP contribution < -0.4 is 10.6 Å². The van der Waals surface area contributed by atoms with Crippen LogP contribution >= 0.6 is 12.2 Å². The highest BCUT2D eigenvalue weighted by Crippen LogP contribution is 2.20. The molecule has 15 heavy (non-hydrogen) atoms. The molecule has 0 unspecified atom stereocenters. The molecule has 0 aromatic heterocycles. The first-order chi connectivity index (χ1) is 7.25. The van der Waals surface area contributed by atoms with E-state index in [1.165, 1.54) is 37.2 Å². The summed E-state index contributed by atoms with van der Waals surface area (Å²) in [6, 6.07) is 8.57. The van der Waals surface area contributed by atoms with Crippen LogP contribution in [0.3, 0.4) is 0 Å². The van der Waals surface area contributed by atoms with Crippen LogP contribution in [0, 0.1) is 0 Å². The van der Waals surface area contributed by atoms with Crippen molar-refractivity contribution in [3.8, 4) is 0 Å². The number of rotatable bonds is 3. The lowest BCUT2D eigenvalue weighted by atomic mass is 10.1. The third kappa shape index (κ3) is 2.69. The number of nitrogens with two attached hydrogens (primary N) is 1. The molecule has 1 aliphatic heterocycles. The molecule has 1 heterocycles. The summed E-state index contributed by atoms with van der Waals surface area (Å²) in [6.07, 6.45) is 3.33. The van der Waals surface area contributed by atoms with Gasteiger partial charge in [-0.15, -0.1) is 0 Å². The standard InChI is InChI=1S/C12H16N2S/c13-12(15)9-10-3-5-11(6-4-10)14-7-1-2-8-14/h3-6H,1-2,7-9H2,(H2,13,15). The summed E-state index contributed by atoms with van der Waals surface area (Å²) in [7, 11) is 0. The fourth-order valence-corrected chi connectivity index (χ4v) is 2.17. The van der Waals surface area contributed by atoms with Crippen molar-refractivity contribution >= 4 is 22.9 Å². The Bertz CT molecular complexity index is 339. The summed E-state index contributed by atoms with van der Waals surface area (Å²) in [5.74, 6) is 0. The predicted octanol–water partition coefficient (Wildman–Crippen LogP) is 2.12. The van der Waals surface area contributed by atoms with Gasteiger partial charge < -0.3 is 10.6 Å². The Kier molecular flexibility index (Phi) is 3.21. The first-order valence-electron chi connectivity index (χ1n) is 5.38. The molecule has 0 saturated carbocycles. The normalized spacial score (nSPS) is 15.6. The Morgan fingerprint density at radius 1 is 1.20 bits per heavy atom. The van der Waals surface area contributed by atoms with Crippen molar-refractivity contribution in [2.75, 3.05) is 18.0 Å². The highest BCUT2D eigenvalue weighted by molar-refractivity contribution is 7.80. The van der Waals surface area contributed by atoms with Crippen LogP contribution in [0.2, 0.25) is 0 Å². The summed E-state index contributed by atoms with van der Waals surface area (Å²) in [5.41, 5.74) is 8.02. The van der Waals surface area contributed by atoms with Crippen molar-refractivity contribution in [1.29, 1.82) is 0 Å². The molecule has 1 aromatic carbocycles. The van der Waals surface area contributed by atoms with Gasteiger partial charge in [0.2, 0.25) is 0 Å². The molecule has 0 bridgehead atoms. The number of anilines is 1. The molecule has 2 nitrogen and oxygen atoms in total. The van der Waals surface area contributed by atoms with Gasteiger partial charge in [0.15, 0.2) is 0 Å². The minimum absolute atomic E-state index is 0.559. The quantitative estimate of drug-likeness (QED) is 0.791. The predicted molar refractivity (Wildman–Crippen MR) is 68.4 cm³/mol. The van der Waals surface area contributed by atoms with Gasteiger partial charge >= 0.3 is 0 Å². The zero-order valence-electron chi connectivity index (χ0n) is 8.78. The molecule has 1 aromatic rings. The van der Waals surface area contributed by atoms with Crippen molar-refractivity contribution in [2.24, 2.45) is 5.73 Å². The minimum Gasteiger partial charge on any atom is -0.393 e. The number of hydrogen-bond donors (Lipinski definition) is 1. The smallest absolute Gasteiger partial charge is 0.0771 e. The van der Waals surface area contributed by atoms with E-state index < -0.39 is 0 Å². The van der Waals surface area contributed by atoms with E-state index in [-0.39, 0.29) is 0 Å². The summed E-state index contributed by atoms with van der Waals surface area (Å²) in [5, 5.41) is 0. The molecule has 0 atom stereocenters. The van der Waals surface area contributed by atoms with E-state index >= 15 is 0 Å². The van der Waals surface area contributed by atoms with Crippen LogP contribution in [0.4, 0.5) is 5.69 Å². The molecule has 1 fully saturated rings. The van der Waals surface area contributed by atoms with Crippen LogP contribution in [0.15, 0.2) is 24.3 Å². The number of nitrogens with zero attached hydrogens (tertiary/aromatic N) is 1. The first kappa shape index (κ1) is 10.4. The van der Waals surface area contributed by atoms with Crippen LogP contribution in [0.5, 0.6) is 0 Å². The third-order valence-corrected chi connectivity index (χ3v) is 2.93. The molecular formula is C12H16N2S. The number of thiocarbonyl (C=S) groups is 1. The third-order valence-electron chi connectivity index (χ3n) is 2.79. The molecule has 0 amide bonds. The molecular weight excluding hydrogens is 204 g/mol. The van der Waals surface area contributed by atoms with Crippen LogP contribution in [-0.2, 0) is 6.42 Å². The second-order valence-electron chi connectivity index (χ2n) is 4.00. The molecule has 2 rings (SSSR count). The average Bonchev–Trinajstić information content (AvgIpc) is 2.71. The van der Waals surface area contributed by atoms with E-state index in [0.717, 1.165) is 0 Å². The second-order valence-corrected chi connectivity index (χ2v) is 4.53. The van der Waals surface area contributed by atoms with Crippen LogP contribution in [0.1, 0.15) is 18.4 Å². The summed E-state index contributed by atoms with van der Waals surface area (Å²) in [4.78, 5) is 2.98. The van der Waals surface area contributed by atoms with Crippen LogP contribution in [0.25, 0.3) is 0 Å². The molecule has 1 aliphatic rings. The van der Waals surface area contributed by atoms with Crippen LogP contribution in [-0.4, -0.2) is 18.1 Å². The van der Waals surface area contributed by atoms with Crippen molar-refractivity contribution in [1.82, 2.24) is 0 Å². The average molecular weight is 220 g/mol. The second kappa shape index (κ2) is 4.62. The van der Waals surface area contributed by atoms with Gasteiger partial charge in [-0.3, -0.25) is 0 Å². The first-order valence-corrected chi connectivity index (χ1v) is 5.79. The Labute approximate surface area is 96.1 Å². The zero-order valence-corrected chi connectivity index (χ0v) is 9.59. The van der Waals surface area contributed by atoms with Crippen molar-refractivity contribution in [3.05, 3.63) is 29.8 Å². The van der Waals surface area contributed by atoms with E-state index in [2.05, 4.69) is 29.2 Å². The van der Waals surface area contributed by atoms with E-state index in [9.17, 15) is 0 Å². The fraction of sp³-hybridized carbons (Fsp3) is 0.417. The van der Waals surface area contributed by atoms with Crippen molar-refractivity contribution in [3.63, 3.8) is 0 Å². The lowest BCUT2D eigenvalue weighted by molar-refractivity contribution is 0.949. The lowest BCUT2D eigenvalue weighted by Crippen LogP contribution is -2.17. The van der Waals surface area contributed by atoms with Gasteiger partial charge in [0.1, 0.15) is 0 Å². The van der Waals surface area contributed by atoms with Gasteiger partial charge in [-0.05, 0) is 30.5 Å². The number of hydrogen-bond acceptors (Lipinski definition) is 2. The van der Waals surface area contributed by atoms with E-state index in [4.69, 9.17) is 18.0 Å². The van der Waals surface area contributed by atoms with Gasteiger partial charge in [-0.1, -0.05) is 24.4 Å². The molecule has 2 N–H and O–H groups in total. The lowest BCUT2D eigenvalue weighted by Gasteiger charge is -2.17.